The maximum absolute atomic E-state index is 14.7. The largest absolute Gasteiger partial charge is 0.513 e. The van der Waals surface area contributed by atoms with Gasteiger partial charge in [-0.1, -0.05) is 11.8 Å². The van der Waals surface area contributed by atoms with Gasteiger partial charge in [-0.2, -0.15) is 26.3 Å². The molecule has 2 aromatic carbocycles. The van der Waals surface area contributed by atoms with Crippen LogP contribution in [0.15, 0.2) is 41.3 Å². The molecule has 14 heteroatoms. The number of hydrogen-bond donors (Lipinski definition) is 0. The summed E-state index contributed by atoms with van der Waals surface area (Å²) in [6.07, 6.45) is -13.5. The number of aryl methyl sites for hydroxylation is 1. The van der Waals surface area contributed by atoms with Crippen molar-refractivity contribution in [2.45, 2.75) is 36.1 Å². The molecule has 0 saturated heterocycles. The SMILES string of the molecule is COC(=O)Oc1c(C)c(C)nc2cc(F)c(Oc3ccc(SC(F)(C(F)(F)F)C(F)(F)F)cc3)cc12. The molecule has 3 rings (SSSR count). The van der Waals surface area contributed by atoms with Gasteiger partial charge in [0, 0.05) is 27.6 Å². The van der Waals surface area contributed by atoms with Crippen molar-refractivity contribution in [2.24, 2.45) is 0 Å². The molecule has 1 heterocycles. The molecule has 0 radical (unpaired) electrons. The zero-order chi connectivity index (χ0) is 27.1. The smallest absolute Gasteiger partial charge is 0.454 e. The van der Waals surface area contributed by atoms with Crippen molar-refractivity contribution in [3.05, 3.63) is 53.5 Å². The van der Waals surface area contributed by atoms with E-state index >= 15 is 0 Å². The van der Waals surface area contributed by atoms with Crippen molar-refractivity contribution < 1.29 is 54.1 Å². The second-order valence-corrected chi connectivity index (χ2v) is 8.51. The molecule has 36 heavy (non-hydrogen) atoms. The Hall–Kier alpha value is -3.29. The third-order valence-corrected chi connectivity index (χ3v) is 6.11. The molecule has 0 aliphatic heterocycles. The van der Waals surface area contributed by atoms with Crippen LogP contribution >= 0.6 is 11.8 Å². The molecule has 0 amide bonds. The molecule has 0 unspecified atom stereocenters. The first-order valence-electron chi connectivity index (χ1n) is 9.73. The number of thioether (sulfide) groups is 1. The highest BCUT2D eigenvalue weighted by atomic mass is 32.2. The second kappa shape index (κ2) is 9.64. The number of pyridine rings is 1. The van der Waals surface area contributed by atoms with E-state index in [1.807, 2.05) is 0 Å². The Morgan fingerprint density at radius 1 is 0.944 bits per heavy atom. The number of benzene rings is 2. The van der Waals surface area contributed by atoms with Gasteiger partial charge < -0.3 is 14.2 Å². The summed E-state index contributed by atoms with van der Waals surface area (Å²) < 4.78 is 120. The van der Waals surface area contributed by atoms with E-state index < -0.39 is 51.7 Å². The van der Waals surface area contributed by atoms with E-state index in [2.05, 4.69) is 9.72 Å². The lowest BCUT2D eigenvalue weighted by molar-refractivity contribution is -0.302. The Balaban J connectivity index is 1.94. The number of hydrogen-bond acceptors (Lipinski definition) is 6. The summed E-state index contributed by atoms with van der Waals surface area (Å²) >= 11 is -1.08. The number of halogens is 8. The third-order valence-electron chi connectivity index (χ3n) is 4.86. The Morgan fingerprint density at radius 2 is 1.53 bits per heavy atom. The first kappa shape index (κ1) is 27.3. The van der Waals surface area contributed by atoms with Gasteiger partial charge in [0.05, 0.1) is 12.6 Å². The van der Waals surface area contributed by atoms with E-state index in [-0.39, 0.29) is 22.4 Å². The van der Waals surface area contributed by atoms with E-state index in [4.69, 9.17) is 9.47 Å². The maximum Gasteiger partial charge on any atom is 0.513 e. The third kappa shape index (κ3) is 5.27. The molecule has 0 spiro atoms. The van der Waals surface area contributed by atoms with Gasteiger partial charge in [-0.25, -0.2) is 13.6 Å². The van der Waals surface area contributed by atoms with Crippen molar-refractivity contribution in [1.82, 2.24) is 4.98 Å². The summed E-state index contributed by atoms with van der Waals surface area (Å²) in [5, 5.41) is -5.38. The minimum atomic E-state index is -6.23. The number of nitrogens with zero attached hydrogens (tertiary/aromatic N) is 1. The van der Waals surface area contributed by atoms with Gasteiger partial charge in [-0.3, -0.25) is 4.98 Å². The van der Waals surface area contributed by atoms with Crippen LogP contribution in [0.25, 0.3) is 10.9 Å². The topological polar surface area (TPSA) is 57.7 Å². The number of carbonyl (C=O) groups excluding carboxylic acids is 1. The molecule has 0 atom stereocenters. The molecule has 0 saturated carbocycles. The van der Waals surface area contributed by atoms with Crippen LogP contribution in [0, 0.1) is 19.7 Å². The number of fused-ring (bicyclic) bond motifs is 1. The van der Waals surface area contributed by atoms with Crippen LogP contribution in [0.3, 0.4) is 0 Å². The normalized spacial score (nSPS) is 12.5. The minimum Gasteiger partial charge on any atom is -0.454 e. The first-order chi connectivity index (χ1) is 16.6. The first-order valence-corrected chi connectivity index (χ1v) is 10.5. The molecule has 194 valence electrons. The molecule has 0 bridgehead atoms. The van der Waals surface area contributed by atoms with Crippen molar-refractivity contribution in [3.63, 3.8) is 0 Å². The van der Waals surface area contributed by atoms with E-state index in [1.54, 1.807) is 13.8 Å². The highest BCUT2D eigenvalue weighted by Gasteiger charge is 2.73. The fourth-order valence-corrected chi connectivity index (χ4v) is 3.75. The molecule has 0 fully saturated rings. The Morgan fingerprint density at radius 3 is 2.06 bits per heavy atom. The summed E-state index contributed by atoms with van der Waals surface area (Å²) in [5.74, 6) is -1.52. The number of rotatable bonds is 5. The molecule has 0 aliphatic rings. The number of carbonyl (C=O) groups is 1. The van der Waals surface area contributed by atoms with Crippen LogP contribution in [0.2, 0.25) is 0 Å². The van der Waals surface area contributed by atoms with Gasteiger partial charge in [0.15, 0.2) is 11.6 Å². The summed E-state index contributed by atoms with van der Waals surface area (Å²) in [4.78, 5) is 15.2. The molecule has 5 nitrogen and oxygen atoms in total. The van der Waals surface area contributed by atoms with Crippen LogP contribution < -0.4 is 9.47 Å². The Bertz CT molecular complexity index is 1280. The maximum atomic E-state index is 14.7. The number of aromatic nitrogens is 1. The fourth-order valence-electron chi connectivity index (χ4n) is 2.92. The Labute approximate surface area is 202 Å². The molecular weight excluding hydrogens is 526 g/mol. The average molecular weight is 541 g/mol. The molecular formula is C22H15F8NO4S. The summed E-state index contributed by atoms with van der Waals surface area (Å²) in [5.41, 5.74) is 0.979. The number of alkyl halides is 7. The summed E-state index contributed by atoms with van der Waals surface area (Å²) in [6.45, 7) is 3.19. The standard InChI is InChI=1S/C22H15F8NO4S/c1-10-11(2)31-16-9-15(23)17(8-14(16)18(10)35-19(32)33-3)34-12-4-6-13(7-5-12)36-20(24,21(25,26)27)22(28,29)30/h4-9H,1-3H3. The molecule has 1 aromatic heterocycles. The van der Waals surface area contributed by atoms with Gasteiger partial charge in [-0.05, 0) is 44.2 Å². The highest BCUT2D eigenvalue weighted by Crippen LogP contribution is 2.55. The minimum absolute atomic E-state index is 0.0135. The van der Waals surface area contributed by atoms with Crippen molar-refractivity contribution in [1.29, 1.82) is 0 Å². The molecule has 0 aliphatic carbocycles. The van der Waals surface area contributed by atoms with E-state index in [0.29, 0.717) is 11.3 Å². The second-order valence-electron chi connectivity index (χ2n) is 7.27. The number of methoxy groups -OCH3 is 1. The predicted octanol–water partition coefficient (Wildman–Crippen LogP) is 7.81. The van der Waals surface area contributed by atoms with Crippen LogP contribution in [0.1, 0.15) is 11.3 Å². The van der Waals surface area contributed by atoms with Crippen molar-refractivity contribution in [3.8, 4) is 17.2 Å². The fraction of sp³-hybridized carbons (Fsp3) is 0.273. The summed E-state index contributed by atoms with van der Waals surface area (Å²) in [7, 11) is 1.08. The molecule has 0 N–H and O–H groups in total. The van der Waals surface area contributed by atoms with E-state index in [0.717, 1.165) is 43.5 Å². The quantitative estimate of drug-likeness (QED) is 0.187. The van der Waals surface area contributed by atoms with Gasteiger partial charge in [-0.15, -0.1) is 0 Å². The van der Waals surface area contributed by atoms with Crippen molar-refractivity contribution >= 4 is 28.8 Å². The average Bonchev–Trinajstić information content (AvgIpc) is 2.77. The zero-order valence-electron chi connectivity index (χ0n) is 18.5. The summed E-state index contributed by atoms with van der Waals surface area (Å²) in [6, 6.07) is 5.50. The molecule has 3 aromatic rings. The lowest BCUT2D eigenvalue weighted by atomic mass is 10.1. The predicted molar refractivity (Wildman–Crippen MR) is 113 cm³/mol. The monoisotopic (exact) mass is 541 g/mol. The van der Waals surface area contributed by atoms with E-state index in [1.165, 1.54) is 0 Å². The van der Waals surface area contributed by atoms with Gasteiger partial charge >= 0.3 is 23.5 Å². The highest BCUT2D eigenvalue weighted by molar-refractivity contribution is 8.00. The van der Waals surface area contributed by atoms with Crippen LogP contribution in [0.5, 0.6) is 17.2 Å². The van der Waals surface area contributed by atoms with Crippen molar-refractivity contribution in [2.75, 3.05) is 7.11 Å². The number of ether oxygens (including phenoxy) is 3. The van der Waals surface area contributed by atoms with Gasteiger partial charge in [0.25, 0.3) is 0 Å². The lowest BCUT2D eigenvalue weighted by Crippen LogP contribution is -2.50. The van der Waals surface area contributed by atoms with Crippen LogP contribution in [-0.2, 0) is 4.74 Å². The van der Waals surface area contributed by atoms with Gasteiger partial charge in [0.2, 0.25) is 0 Å². The van der Waals surface area contributed by atoms with Crippen LogP contribution in [0.4, 0.5) is 39.9 Å². The lowest BCUT2D eigenvalue weighted by Gasteiger charge is -2.29. The van der Waals surface area contributed by atoms with Gasteiger partial charge in [0.1, 0.15) is 11.5 Å². The Kier molecular flexibility index (Phi) is 7.31. The van der Waals surface area contributed by atoms with Crippen LogP contribution in [-0.4, -0.2) is 35.6 Å². The van der Waals surface area contributed by atoms with E-state index in [9.17, 15) is 39.9 Å². The zero-order valence-corrected chi connectivity index (χ0v) is 19.3.